The third-order valence-electron chi connectivity index (χ3n) is 4.60. The van der Waals surface area contributed by atoms with Gasteiger partial charge in [-0.1, -0.05) is 31.0 Å². The number of para-hydroxylation sites is 1. The third kappa shape index (κ3) is 5.24. The molecular weight excluding hydrogens is 417 g/mol. The zero-order valence-corrected chi connectivity index (χ0v) is 17.2. The lowest BCUT2D eigenvalue weighted by Gasteiger charge is -2.29. The number of nitrogens with one attached hydrogen (secondary N) is 1. The summed E-state index contributed by atoms with van der Waals surface area (Å²) >= 11 is 0. The standard InChI is InChI=1S/C18H29N3O2.HI/c1-14(12-22-2)21-17(19)20-13-18(10-6-7-11-18)15-8-4-5-9-16(15)23-3;/h4-5,8-9,14H,6-7,10-13H2,1-3H3,(H3,19,20,21);1H. The van der Waals surface area contributed by atoms with Gasteiger partial charge >= 0.3 is 0 Å². The third-order valence-corrected chi connectivity index (χ3v) is 4.60. The van der Waals surface area contributed by atoms with E-state index < -0.39 is 0 Å². The number of nitrogens with two attached hydrogens (primary N) is 1. The molecule has 2 rings (SSSR count). The number of benzene rings is 1. The van der Waals surface area contributed by atoms with Crippen molar-refractivity contribution in [1.29, 1.82) is 0 Å². The predicted octanol–water partition coefficient (Wildman–Crippen LogP) is 3.06. The first-order chi connectivity index (χ1) is 11.1. The van der Waals surface area contributed by atoms with Crippen LogP contribution in [0.25, 0.3) is 0 Å². The van der Waals surface area contributed by atoms with Crippen molar-refractivity contribution in [3.8, 4) is 5.75 Å². The molecule has 0 saturated heterocycles. The molecule has 1 aromatic rings. The van der Waals surface area contributed by atoms with Gasteiger partial charge in [0.1, 0.15) is 5.75 Å². The molecule has 1 aliphatic rings. The highest BCUT2D eigenvalue weighted by Gasteiger charge is 2.37. The summed E-state index contributed by atoms with van der Waals surface area (Å²) in [5.74, 6) is 1.43. The molecule has 0 bridgehead atoms. The maximum Gasteiger partial charge on any atom is 0.188 e. The van der Waals surface area contributed by atoms with Crippen molar-refractivity contribution < 1.29 is 9.47 Å². The molecule has 0 heterocycles. The molecule has 1 fully saturated rings. The molecular formula is C18H30IN3O2. The maximum absolute atomic E-state index is 6.04. The molecule has 1 unspecified atom stereocenters. The Hall–Kier alpha value is -1.02. The summed E-state index contributed by atoms with van der Waals surface area (Å²) in [7, 11) is 3.41. The molecule has 136 valence electrons. The first-order valence-corrected chi connectivity index (χ1v) is 8.30. The van der Waals surface area contributed by atoms with Crippen LogP contribution in [-0.4, -0.2) is 39.4 Å². The van der Waals surface area contributed by atoms with Crippen molar-refractivity contribution in [2.75, 3.05) is 27.4 Å². The van der Waals surface area contributed by atoms with Gasteiger partial charge in [0.15, 0.2) is 5.96 Å². The first-order valence-electron chi connectivity index (χ1n) is 8.30. The molecule has 0 spiro atoms. The highest BCUT2D eigenvalue weighted by Crippen LogP contribution is 2.44. The van der Waals surface area contributed by atoms with E-state index in [1.54, 1.807) is 14.2 Å². The van der Waals surface area contributed by atoms with Crippen LogP contribution >= 0.6 is 24.0 Å². The normalized spacial score (nSPS) is 17.9. The minimum Gasteiger partial charge on any atom is -0.496 e. The Morgan fingerprint density at radius 1 is 1.29 bits per heavy atom. The van der Waals surface area contributed by atoms with Gasteiger partial charge in [-0.05, 0) is 25.8 Å². The van der Waals surface area contributed by atoms with Crippen molar-refractivity contribution in [3.05, 3.63) is 29.8 Å². The van der Waals surface area contributed by atoms with Crippen LogP contribution in [0.2, 0.25) is 0 Å². The molecule has 3 N–H and O–H groups in total. The van der Waals surface area contributed by atoms with Crippen LogP contribution in [-0.2, 0) is 10.2 Å². The summed E-state index contributed by atoms with van der Waals surface area (Å²) in [4.78, 5) is 4.62. The number of ether oxygens (including phenoxy) is 2. The second-order valence-corrected chi connectivity index (χ2v) is 6.39. The molecule has 1 aliphatic carbocycles. The van der Waals surface area contributed by atoms with Gasteiger partial charge in [-0.3, -0.25) is 4.99 Å². The number of guanidine groups is 1. The Morgan fingerprint density at radius 3 is 2.58 bits per heavy atom. The largest absolute Gasteiger partial charge is 0.496 e. The lowest BCUT2D eigenvalue weighted by atomic mass is 9.78. The summed E-state index contributed by atoms with van der Waals surface area (Å²) in [5.41, 5.74) is 7.33. The van der Waals surface area contributed by atoms with Gasteiger partial charge in [0.25, 0.3) is 0 Å². The quantitative estimate of drug-likeness (QED) is 0.383. The van der Waals surface area contributed by atoms with Crippen LogP contribution in [0.15, 0.2) is 29.3 Å². The molecule has 5 nitrogen and oxygen atoms in total. The number of hydrogen-bond acceptors (Lipinski definition) is 3. The number of hydrogen-bond donors (Lipinski definition) is 2. The average Bonchev–Trinajstić information content (AvgIpc) is 3.03. The molecule has 24 heavy (non-hydrogen) atoms. The Bertz CT molecular complexity index is 531. The van der Waals surface area contributed by atoms with Gasteiger partial charge in [-0.15, -0.1) is 24.0 Å². The zero-order chi connectivity index (χ0) is 16.7. The smallest absolute Gasteiger partial charge is 0.188 e. The van der Waals surface area contributed by atoms with E-state index in [-0.39, 0.29) is 35.4 Å². The Balaban J connectivity index is 0.00000288. The fraction of sp³-hybridized carbons (Fsp3) is 0.611. The van der Waals surface area contributed by atoms with Gasteiger partial charge in [-0.25, -0.2) is 0 Å². The lowest BCUT2D eigenvalue weighted by molar-refractivity contribution is 0.179. The van der Waals surface area contributed by atoms with Crippen molar-refractivity contribution >= 4 is 29.9 Å². The van der Waals surface area contributed by atoms with E-state index in [2.05, 4.69) is 22.4 Å². The average molecular weight is 447 g/mol. The van der Waals surface area contributed by atoms with Crippen molar-refractivity contribution in [1.82, 2.24) is 5.32 Å². The molecule has 0 aliphatic heterocycles. The van der Waals surface area contributed by atoms with Crippen LogP contribution in [0.3, 0.4) is 0 Å². The Labute approximate surface area is 162 Å². The molecule has 0 amide bonds. The fourth-order valence-corrected chi connectivity index (χ4v) is 3.47. The molecule has 1 aromatic carbocycles. The van der Waals surface area contributed by atoms with Gasteiger partial charge in [-0.2, -0.15) is 0 Å². The topological polar surface area (TPSA) is 68.9 Å². The van der Waals surface area contributed by atoms with E-state index in [9.17, 15) is 0 Å². The number of halogens is 1. The SMILES string of the molecule is COCC(C)NC(N)=NCC1(c2ccccc2OC)CCCC1.I. The first kappa shape index (κ1) is 21.0. The minimum atomic E-state index is 0. The van der Waals surface area contributed by atoms with E-state index in [1.807, 2.05) is 19.1 Å². The summed E-state index contributed by atoms with van der Waals surface area (Å²) in [6.45, 7) is 3.32. The second kappa shape index (κ2) is 10.1. The molecule has 1 atom stereocenters. The number of rotatable bonds is 7. The number of methoxy groups -OCH3 is 2. The summed E-state index contributed by atoms with van der Waals surface area (Å²) in [6.07, 6.45) is 4.69. The molecule has 0 aromatic heterocycles. The van der Waals surface area contributed by atoms with Crippen LogP contribution in [0.5, 0.6) is 5.75 Å². The van der Waals surface area contributed by atoms with Gasteiger partial charge < -0.3 is 20.5 Å². The Kier molecular flexibility index (Phi) is 8.83. The Morgan fingerprint density at radius 2 is 1.96 bits per heavy atom. The highest BCUT2D eigenvalue weighted by atomic mass is 127. The summed E-state index contributed by atoms with van der Waals surface area (Å²) in [5, 5.41) is 3.17. The molecule has 6 heteroatoms. The maximum atomic E-state index is 6.04. The fourth-order valence-electron chi connectivity index (χ4n) is 3.47. The van der Waals surface area contributed by atoms with Crippen LogP contribution in [0, 0.1) is 0 Å². The zero-order valence-electron chi connectivity index (χ0n) is 14.9. The lowest BCUT2D eigenvalue weighted by Crippen LogP contribution is -2.41. The number of aliphatic imine (C=N–C) groups is 1. The van der Waals surface area contributed by atoms with Gasteiger partial charge in [0.2, 0.25) is 0 Å². The van der Waals surface area contributed by atoms with E-state index in [0.29, 0.717) is 19.1 Å². The van der Waals surface area contributed by atoms with Gasteiger partial charge in [0.05, 0.1) is 20.3 Å². The summed E-state index contributed by atoms with van der Waals surface area (Å²) < 4.78 is 10.7. The van der Waals surface area contributed by atoms with Crippen molar-refractivity contribution in [2.45, 2.75) is 44.1 Å². The second-order valence-electron chi connectivity index (χ2n) is 6.39. The van der Waals surface area contributed by atoms with Crippen LogP contribution in [0.4, 0.5) is 0 Å². The minimum absolute atomic E-state index is 0. The summed E-state index contributed by atoms with van der Waals surface area (Å²) in [6, 6.07) is 8.42. The van der Waals surface area contributed by atoms with Crippen molar-refractivity contribution in [2.24, 2.45) is 10.7 Å². The monoisotopic (exact) mass is 447 g/mol. The predicted molar refractivity (Wildman–Crippen MR) is 110 cm³/mol. The van der Waals surface area contributed by atoms with E-state index in [0.717, 1.165) is 18.6 Å². The van der Waals surface area contributed by atoms with Gasteiger partial charge in [0, 0.05) is 24.1 Å². The molecule has 0 radical (unpaired) electrons. The van der Waals surface area contributed by atoms with E-state index >= 15 is 0 Å². The van der Waals surface area contributed by atoms with Crippen molar-refractivity contribution in [3.63, 3.8) is 0 Å². The van der Waals surface area contributed by atoms with Crippen LogP contribution < -0.4 is 15.8 Å². The number of nitrogens with zero attached hydrogens (tertiary/aromatic N) is 1. The van der Waals surface area contributed by atoms with E-state index in [1.165, 1.54) is 18.4 Å². The van der Waals surface area contributed by atoms with Crippen LogP contribution in [0.1, 0.15) is 38.2 Å². The highest BCUT2D eigenvalue weighted by molar-refractivity contribution is 14.0. The molecule has 1 saturated carbocycles. The van der Waals surface area contributed by atoms with E-state index in [4.69, 9.17) is 15.2 Å².